The molecule has 1 heterocycles. The van der Waals surface area contributed by atoms with Crippen molar-refractivity contribution in [1.82, 2.24) is 5.32 Å². The molecule has 1 aromatic rings. The minimum absolute atomic E-state index is 0.0429. The van der Waals surface area contributed by atoms with Gasteiger partial charge in [-0.2, -0.15) is 13.2 Å². The van der Waals surface area contributed by atoms with Crippen molar-refractivity contribution in [2.24, 2.45) is 0 Å². The van der Waals surface area contributed by atoms with Crippen LogP contribution in [0.25, 0.3) is 0 Å². The molecule has 0 aromatic heterocycles. The molecule has 0 radical (unpaired) electrons. The Morgan fingerprint density at radius 2 is 1.67 bits per heavy atom. The molecule has 0 aliphatic carbocycles. The molecular weight excluding hydrogens is 363 g/mol. The number of alkyl halides is 3. The van der Waals surface area contributed by atoms with Crippen molar-refractivity contribution >= 4 is 11.9 Å². The molecule has 1 unspecified atom stereocenters. The quantitative estimate of drug-likeness (QED) is 0.786. The average molecular weight is 383 g/mol. The largest absolute Gasteiger partial charge is 0.463 e. The standard InChI is InChI=1S/C19H20F3NO4/c1-4-26-17(24)13-10-23-11(3)15(18(25)27-5-2)16(13)12-8-6-7-9-14(12)19(20,21)22/h6-10,16,23H,4-5H2,1-3H3. The number of allylic oxidation sites excluding steroid dienone is 1. The fourth-order valence-electron chi connectivity index (χ4n) is 2.92. The van der Waals surface area contributed by atoms with Crippen molar-refractivity contribution in [2.45, 2.75) is 32.9 Å². The summed E-state index contributed by atoms with van der Waals surface area (Å²) in [6.07, 6.45) is -3.39. The summed E-state index contributed by atoms with van der Waals surface area (Å²) in [6.45, 7) is 4.79. The summed E-state index contributed by atoms with van der Waals surface area (Å²) in [7, 11) is 0. The van der Waals surface area contributed by atoms with E-state index in [9.17, 15) is 22.8 Å². The maximum Gasteiger partial charge on any atom is 0.416 e. The summed E-state index contributed by atoms with van der Waals surface area (Å²) < 4.78 is 50.7. The second-order valence-corrected chi connectivity index (χ2v) is 5.74. The SMILES string of the molecule is CCOC(=O)C1=CNC(C)=C(C(=O)OCC)C1c1ccccc1C(F)(F)F. The molecule has 1 N–H and O–H groups in total. The van der Waals surface area contributed by atoms with E-state index in [-0.39, 0.29) is 29.9 Å². The fourth-order valence-corrected chi connectivity index (χ4v) is 2.92. The second kappa shape index (κ2) is 8.28. The van der Waals surface area contributed by atoms with E-state index in [0.717, 1.165) is 6.07 Å². The molecule has 1 aliphatic heterocycles. The van der Waals surface area contributed by atoms with Crippen LogP contribution in [0.2, 0.25) is 0 Å². The summed E-state index contributed by atoms with van der Waals surface area (Å²) >= 11 is 0. The smallest absolute Gasteiger partial charge is 0.416 e. The molecule has 8 heteroatoms. The predicted octanol–water partition coefficient (Wildman–Crippen LogP) is 3.68. The van der Waals surface area contributed by atoms with Gasteiger partial charge in [-0.25, -0.2) is 9.59 Å². The number of dihydropyridines is 1. The number of ether oxygens (including phenoxy) is 2. The Morgan fingerprint density at radius 1 is 1.07 bits per heavy atom. The molecule has 0 bridgehead atoms. The number of carbonyl (C=O) groups excluding carboxylic acids is 2. The van der Waals surface area contributed by atoms with Crippen molar-refractivity contribution < 1.29 is 32.2 Å². The van der Waals surface area contributed by atoms with Crippen LogP contribution in [-0.2, 0) is 25.2 Å². The lowest BCUT2D eigenvalue weighted by Gasteiger charge is -2.29. The van der Waals surface area contributed by atoms with Gasteiger partial charge in [-0.05, 0) is 32.4 Å². The van der Waals surface area contributed by atoms with Gasteiger partial charge in [-0.1, -0.05) is 18.2 Å². The van der Waals surface area contributed by atoms with E-state index in [4.69, 9.17) is 9.47 Å². The average Bonchev–Trinajstić information content (AvgIpc) is 2.61. The van der Waals surface area contributed by atoms with Gasteiger partial charge >= 0.3 is 18.1 Å². The predicted molar refractivity (Wildman–Crippen MR) is 91.4 cm³/mol. The molecule has 0 amide bonds. The summed E-state index contributed by atoms with van der Waals surface area (Å²) in [5, 5.41) is 2.75. The first-order chi connectivity index (χ1) is 12.7. The van der Waals surface area contributed by atoms with Crippen LogP contribution < -0.4 is 5.32 Å². The normalized spacial score (nSPS) is 17.1. The zero-order valence-electron chi connectivity index (χ0n) is 15.1. The molecule has 146 valence electrons. The Morgan fingerprint density at radius 3 is 2.26 bits per heavy atom. The first-order valence-corrected chi connectivity index (χ1v) is 8.40. The maximum atomic E-state index is 13.6. The molecule has 0 spiro atoms. The summed E-state index contributed by atoms with van der Waals surface area (Å²) in [6, 6.07) is 4.84. The number of benzene rings is 1. The lowest BCUT2D eigenvalue weighted by Crippen LogP contribution is -2.31. The third-order valence-corrected chi connectivity index (χ3v) is 4.03. The minimum atomic E-state index is -4.66. The molecule has 5 nitrogen and oxygen atoms in total. The van der Waals surface area contributed by atoms with Crippen LogP contribution >= 0.6 is 0 Å². The van der Waals surface area contributed by atoms with Crippen LogP contribution in [0.1, 0.15) is 37.8 Å². The van der Waals surface area contributed by atoms with E-state index in [1.807, 2.05) is 0 Å². The molecule has 0 fully saturated rings. The van der Waals surface area contributed by atoms with Crippen molar-refractivity contribution in [1.29, 1.82) is 0 Å². The van der Waals surface area contributed by atoms with Gasteiger partial charge in [0.2, 0.25) is 0 Å². The highest BCUT2D eigenvalue weighted by Gasteiger charge is 2.41. The molecule has 0 saturated heterocycles. The Bertz CT molecular complexity index is 796. The number of rotatable bonds is 5. The van der Waals surface area contributed by atoms with Gasteiger partial charge in [0.25, 0.3) is 0 Å². The van der Waals surface area contributed by atoms with Crippen LogP contribution in [0.15, 0.2) is 47.3 Å². The number of esters is 2. The van der Waals surface area contributed by atoms with Gasteiger partial charge < -0.3 is 14.8 Å². The minimum Gasteiger partial charge on any atom is -0.463 e. The Kier molecular flexibility index (Phi) is 6.30. The number of carbonyl (C=O) groups is 2. The third-order valence-electron chi connectivity index (χ3n) is 4.03. The van der Waals surface area contributed by atoms with E-state index >= 15 is 0 Å². The lowest BCUT2D eigenvalue weighted by molar-refractivity contribution is -0.141. The molecule has 0 saturated carbocycles. The number of nitrogens with one attached hydrogen (secondary N) is 1. The molecule has 1 aliphatic rings. The topological polar surface area (TPSA) is 64.6 Å². The maximum absolute atomic E-state index is 13.6. The Labute approximate surface area is 154 Å². The zero-order valence-corrected chi connectivity index (χ0v) is 15.1. The van der Waals surface area contributed by atoms with Crippen LogP contribution in [-0.4, -0.2) is 25.2 Å². The highest BCUT2D eigenvalue weighted by atomic mass is 19.4. The number of halogens is 3. The second-order valence-electron chi connectivity index (χ2n) is 5.74. The van der Waals surface area contributed by atoms with E-state index in [0.29, 0.717) is 5.70 Å². The van der Waals surface area contributed by atoms with E-state index in [2.05, 4.69) is 5.32 Å². The van der Waals surface area contributed by atoms with Gasteiger partial charge in [-0.3, -0.25) is 0 Å². The molecular formula is C19H20F3NO4. The summed E-state index contributed by atoms with van der Waals surface area (Å²) in [4.78, 5) is 24.9. The third kappa shape index (κ3) is 4.32. The molecule has 1 aromatic carbocycles. The lowest BCUT2D eigenvalue weighted by atomic mass is 9.80. The zero-order chi connectivity index (χ0) is 20.2. The van der Waals surface area contributed by atoms with Gasteiger partial charge in [0.15, 0.2) is 0 Å². The van der Waals surface area contributed by atoms with E-state index in [1.165, 1.54) is 31.3 Å². The summed E-state index contributed by atoms with van der Waals surface area (Å²) in [5.74, 6) is -2.86. The monoisotopic (exact) mass is 383 g/mol. The van der Waals surface area contributed by atoms with Crippen molar-refractivity contribution in [2.75, 3.05) is 13.2 Å². The van der Waals surface area contributed by atoms with Crippen LogP contribution in [0, 0.1) is 0 Å². The van der Waals surface area contributed by atoms with E-state index in [1.54, 1.807) is 13.8 Å². The van der Waals surface area contributed by atoms with Crippen LogP contribution in [0.5, 0.6) is 0 Å². The van der Waals surface area contributed by atoms with Crippen LogP contribution in [0.3, 0.4) is 0 Å². The van der Waals surface area contributed by atoms with Crippen molar-refractivity contribution in [3.05, 3.63) is 58.4 Å². The van der Waals surface area contributed by atoms with E-state index < -0.39 is 29.6 Å². The molecule has 1 atom stereocenters. The van der Waals surface area contributed by atoms with Crippen LogP contribution in [0.4, 0.5) is 13.2 Å². The Hall–Kier alpha value is -2.77. The van der Waals surface area contributed by atoms with Gasteiger partial charge in [0.05, 0.1) is 35.8 Å². The first kappa shape index (κ1) is 20.5. The Balaban J connectivity index is 2.70. The number of hydrogen-bond donors (Lipinski definition) is 1. The van der Waals surface area contributed by atoms with Gasteiger partial charge in [0, 0.05) is 11.9 Å². The highest BCUT2D eigenvalue weighted by Crippen LogP contribution is 2.43. The summed E-state index contributed by atoms with van der Waals surface area (Å²) in [5.41, 5.74) is -0.986. The van der Waals surface area contributed by atoms with Gasteiger partial charge in [-0.15, -0.1) is 0 Å². The number of hydrogen-bond acceptors (Lipinski definition) is 5. The van der Waals surface area contributed by atoms with Crippen molar-refractivity contribution in [3.8, 4) is 0 Å². The molecule has 27 heavy (non-hydrogen) atoms. The first-order valence-electron chi connectivity index (χ1n) is 8.40. The molecule has 2 rings (SSSR count). The van der Waals surface area contributed by atoms with Gasteiger partial charge in [0.1, 0.15) is 0 Å². The fraction of sp³-hybridized carbons (Fsp3) is 0.368. The van der Waals surface area contributed by atoms with Crippen molar-refractivity contribution in [3.63, 3.8) is 0 Å². The highest BCUT2D eigenvalue weighted by molar-refractivity contribution is 5.99.